The minimum Gasteiger partial charge on any atom is -0.462 e. The molecule has 4 aromatic carbocycles. The van der Waals surface area contributed by atoms with E-state index in [0.717, 1.165) is 64.2 Å². The van der Waals surface area contributed by atoms with Gasteiger partial charge in [0.2, 0.25) is 0 Å². The van der Waals surface area contributed by atoms with Crippen LogP contribution in [0.15, 0.2) is 121 Å². The molecule has 4 nitrogen and oxygen atoms in total. The molecule has 2 fully saturated rings. The zero-order valence-corrected chi connectivity index (χ0v) is 30.6. The maximum atomic E-state index is 12.9. The first-order valence-electron chi connectivity index (χ1n) is 18.5. The second-order valence-corrected chi connectivity index (χ2v) is 16.5. The highest BCUT2D eigenvalue weighted by molar-refractivity contribution is 8.00. The second-order valence-electron chi connectivity index (χ2n) is 13.7. The maximum Gasteiger partial charge on any atom is 0.306 e. The number of benzene rings is 4. The Morgan fingerprint density at radius 2 is 0.680 bits per heavy atom. The van der Waals surface area contributed by atoms with E-state index in [4.69, 9.17) is 9.47 Å². The fraction of sp³-hybridized carbons (Fsp3) is 0.409. The third-order valence-corrected chi connectivity index (χ3v) is 13.0. The molecule has 50 heavy (non-hydrogen) atoms. The summed E-state index contributed by atoms with van der Waals surface area (Å²) in [6, 6.07) is 42.4. The normalized spacial score (nSPS) is 23.5. The Balaban J connectivity index is 0.874. The van der Waals surface area contributed by atoms with E-state index in [1.54, 1.807) is 0 Å². The largest absolute Gasteiger partial charge is 0.462 e. The average molecular weight is 707 g/mol. The van der Waals surface area contributed by atoms with Crippen molar-refractivity contribution < 1.29 is 19.1 Å². The van der Waals surface area contributed by atoms with Crippen molar-refractivity contribution in [2.45, 2.75) is 110 Å². The molecule has 0 amide bonds. The van der Waals surface area contributed by atoms with Gasteiger partial charge >= 0.3 is 11.9 Å². The Hall–Kier alpha value is -3.48. The molecule has 4 atom stereocenters. The number of unbranched alkanes of at least 4 members (excludes halogenated alkanes) is 5. The molecule has 2 heterocycles. The third kappa shape index (κ3) is 11.0. The van der Waals surface area contributed by atoms with Crippen LogP contribution >= 0.6 is 23.5 Å². The topological polar surface area (TPSA) is 52.6 Å². The maximum absolute atomic E-state index is 12.9. The van der Waals surface area contributed by atoms with Gasteiger partial charge in [0.05, 0.1) is 0 Å². The summed E-state index contributed by atoms with van der Waals surface area (Å²) in [6.07, 6.45) is 10.0. The predicted octanol–water partition coefficient (Wildman–Crippen LogP) is 11.9. The number of hydrogen-bond donors (Lipinski definition) is 0. The molecular weight excluding hydrogens is 657 g/mol. The van der Waals surface area contributed by atoms with Crippen molar-refractivity contribution in [2.24, 2.45) is 0 Å². The van der Waals surface area contributed by atoms with Crippen LogP contribution in [-0.4, -0.2) is 24.1 Å². The van der Waals surface area contributed by atoms with Gasteiger partial charge < -0.3 is 9.47 Å². The quantitative estimate of drug-likeness (QED) is 0.0906. The monoisotopic (exact) mass is 706 g/mol. The van der Waals surface area contributed by atoms with Crippen molar-refractivity contribution in [1.29, 1.82) is 0 Å². The van der Waals surface area contributed by atoms with E-state index in [-0.39, 0.29) is 24.1 Å². The van der Waals surface area contributed by atoms with E-state index < -0.39 is 0 Å². The van der Waals surface area contributed by atoms with Gasteiger partial charge in [-0.3, -0.25) is 9.59 Å². The van der Waals surface area contributed by atoms with Crippen LogP contribution in [0.25, 0.3) is 0 Å². The van der Waals surface area contributed by atoms with Crippen LogP contribution < -0.4 is 0 Å². The molecule has 262 valence electrons. The molecule has 2 aliphatic rings. The zero-order chi connectivity index (χ0) is 34.4. The predicted molar refractivity (Wildman–Crippen MR) is 207 cm³/mol. The van der Waals surface area contributed by atoms with Gasteiger partial charge in [-0.05, 0) is 35.1 Å². The molecule has 0 spiro atoms. The summed E-state index contributed by atoms with van der Waals surface area (Å²) in [6.45, 7) is 0. The fourth-order valence-corrected chi connectivity index (χ4v) is 10.6. The molecule has 0 N–H and O–H groups in total. The Kier molecular flexibility index (Phi) is 14.0. The van der Waals surface area contributed by atoms with Gasteiger partial charge in [-0.1, -0.05) is 147 Å². The summed E-state index contributed by atoms with van der Waals surface area (Å²) in [5.41, 5.74) is 5.20. The fourth-order valence-electron chi connectivity index (χ4n) is 7.22. The van der Waals surface area contributed by atoms with Crippen molar-refractivity contribution in [1.82, 2.24) is 0 Å². The lowest BCUT2D eigenvalue weighted by molar-refractivity contribution is -0.151. The number of esters is 2. The average Bonchev–Trinajstić information content (AvgIpc) is 3.17. The SMILES string of the molecule is O=C(CCCCCCCCC(=O)OC1CC(c2ccccc2)SC(c2ccccc2)C1)OC1CC(c2ccccc2)SC(c2ccccc2)C1. The first-order valence-corrected chi connectivity index (χ1v) is 20.4. The molecule has 2 saturated heterocycles. The molecule has 0 radical (unpaired) electrons. The summed E-state index contributed by atoms with van der Waals surface area (Å²) in [7, 11) is 0. The van der Waals surface area contributed by atoms with E-state index in [0.29, 0.717) is 33.8 Å². The number of hydrogen-bond acceptors (Lipinski definition) is 6. The zero-order valence-electron chi connectivity index (χ0n) is 28.9. The van der Waals surface area contributed by atoms with Gasteiger partial charge in [-0.25, -0.2) is 0 Å². The van der Waals surface area contributed by atoms with E-state index in [1.165, 1.54) is 22.3 Å². The minimum atomic E-state index is -0.0756. The van der Waals surface area contributed by atoms with Gasteiger partial charge in [0.15, 0.2) is 0 Å². The summed E-state index contributed by atoms with van der Waals surface area (Å²) in [4.78, 5) is 25.8. The molecule has 0 saturated carbocycles. The van der Waals surface area contributed by atoms with Crippen molar-refractivity contribution >= 4 is 35.5 Å². The highest BCUT2D eigenvalue weighted by Crippen LogP contribution is 2.52. The third-order valence-electron chi connectivity index (χ3n) is 9.86. The van der Waals surface area contributed by atoms with Crippen LogP contribution in [0.2, 0.25) is 0 Å². The Morgan fingerprint density at radius 1 is 0.420 bits per heavy atom. The lowest BCUT2D eigenvalue weighted by Gasteiger charge is -2.35. The Labute approximate surface area is 307 Å². The van der Waals surface area contributed by atoms with Gasteiger partial charge in [0.1, 0.15) is 12.2 Å². The molecule has 4 unspecified atom stereocenters. The smallest absolute Gasteiger partial charge is 0.306 e. The lowest BCUT2D eigenvalue weighted by atomic mass is 9.99. The minimum absolute atomic E-state index is 0.0697. The highest BCUT2D eigenvalue weighted by atomic mass is 32.2. The first kappa shape index (κ1) is 36.3. The van der Waals surface area contributed by atoms with Crippen molar-refractivity contribution in [2.75, 3.05) is 0 Å². The number of thioether (sulfide) groups is 2. The molecule has 2 aliphatic heterocycles. The molecule has 0 aromatic heterocycles. The molecule has 0 bridgehead atoms. The van der Waals surface area contributed by atoms with Crippen LogP contribution in [0.3, 0.4) is 0 Å². The number of carbonyl (C=O) groups is 2. The lowest BCUT2D eigenvalue weighted by Crippen LogP contribution is -2.26. The molecule has 6 heteroatoms. The number of ether oxygens (including phenoxy) is 2. The number of carbonyl (C=O) groups excluding carboxylic acids is 2. The summed E-state index contributed by atoms with van der Waals surface area (Å²) in [5, 5.41) is 1.24. The molecule has 0 aliphatic carbocycles. The van der Waals surface area contributed by atoms with Gasteiger partial charge in [-0.15, -0.1) is 23.5 Å². The first-order chi connectivity index (χ1) is 24.6. The van der Waals surface area contributed by atoms with Gasteiger partial charge in [0.25, 0.3) is 0 Å². The van der Waals surface area contributed by atoms with Crippen LogP contribution in [0.1, 0.15) is 120 Å². The van der Waals surface area contributed by atoms with E-state index in [1.807, 2.05) is 23.5 Å². The van der Waals surface area contributed by atoms with Crippen LogP contribution in [0.4, 0.5) is 0 Å². The van der Waals surface area contributed by atoms with E-state index in [9.17, 15) is 9.59 Å². The summed E-state index contributed by atoms with van der Waals surface area (Å²) in [5.74, 6) is -0.151. The Bertz CT molecular complexity index is 1370. The summed E-state index contributed by atoms with van der Waals surface area (Å²) >= 11 is 3.97. The summed E-state index contributed by atoms with van der Waals surface area (Å²) < 4.78 is 12.2. The van der Waals surface area contributed by atoms with Crippen molar-refractivity contribution in [3.05, 3.63) is 144 Å². The number of rotatable bonds is 15. The molecule has 6 rings (SSSR count). The molecular formula is C44H50O4S2. The van der Waals surface area contributed by atoms with Gasteiger partial charge in [0, 0.05) is 59.5 Å². The standard InChI is InChI=1S/C44H50O4S2/c45-43(47-37-29-39(33-19-9-5-10-20-33)49-40(30-37)34-21-11-6-12-22-34)27-17-3-1-2-4-18-28-44(46)48-38-31-41(35-23-13-7-14-24-35)50-42(32-38)36-25-15-8-16-26-36/h5-16,19-26,37-42H,1-4,17-18,27-32H2. The van der Waals surface area contributed by atoms with Crippen LogP contribution in [0.5, 0.6) is 0 Å². The van der Waals surface area contributed by atoms with Crippen molar-refractivity contribution in [3.63, 3.8) is 0 Å². The van der Waals surface area contributed by atoms with E-state index >= 15 is 0 Å². The van der Waals surface area contributed by atoms with Crippen LogP contribution in [-0.2, 0) is 19.1 Å². The molecule has 4 aromatic rings. The van der Waals surface area contributed by atoms with Crippen molar-refractivity contribution in [3.8, 4) is 0 Å². The second kappa shape index (κ2) is 19.2. The van der Waals surface area contributed by atoms with Crippen LogP contribution in [0, 0.1) is 0 Å². The Morgan fingerprint density at radius 3 is 0.960 bits per heavy atom. The highest BCUT2D eigenvalue weighted by Gasteiger charge is 2.34. The van der Waals surface area contributed by atoms with Gasteiger partial charge in [-0.2, -0.15) is 0 Å². The van der Waals surface area contributed by atoms with E-state index in [2.05, 4.69) is 121 Å².